The van der Waals surface area contributed by atoms with E-state index in [1.54, 1.807) is 0 Å². The van der Waals surface area contributed by atoms with Crippen LogP contribution in [0.4, 0.5) is 74.6 Å². The first-order valence-electron chi connectivity index (χ1n) is 9.68. The number of carbonyl (C=O) groups excluding carboxylic acids is 1. The molecule has 0 radical (unpaired) electrons. The number of ether oxygens (including phenoxy) is 2. The van der Waals surface area contributed by atoms with Crippen molar-refractivity contribution in [1.82, 2.24) is 5.32 Å². The van der Waals surface area contributed by atoms with E-state index in [2.05, 4.69) is 0 Å². The van der Waals surface area contributed by atoms with Crippen LogP contribution >= 0.6 is 0 Å². The normalized spacial score (nSPS) is 17.9. The van der Waals surface area contributed by atoms with Gasteiger partial charge in [0.25, 0.3) is 5.91 Å². The van der Waals surface area contributed by atoms with Crippen molar-refractivity contribution in [3.05, 3.63) is 0 Å². The highest BCUT2D eigenvalue weighted by Gasteiger charge is 2.85. The summed E-state index contributed by atoms with van der Waals surface area (Å²) >= 11 is 0. The van der Waals surface area contributed by atoms with Crippen LogP contribution in [0.2, 0.25) is 0 Å². The summed E-state index contributed by atoms with van der Waals surface area (Å²) < 4.78 is 226. The second kappa shape index (κ2) is 11.2. The Morgan fingerprint density at radius 2 is 1.15 bits per heavy atom. The number of hydrogen-bond acceptors (Lipinski definition) is 4. The Morgan fingerprint density at radius 3 is 1.51 bits per heavy atom. The van der Waals surface area contributed by atoms with Crippen molar-refractivity contribution in [3.8, 4) is 0 Å². The van der Waals surface area contributed by atoms with Gasteiger partial charge in [-0.1, -0.05) is 0 Å². The highest BCUT2D eigenvalue weighted by Crippen LogP contribution is 2.56. The van der Waals surface area contributed by atoms with Crippen molar-refractivity contribution in [1.29, 1.82) is 0 Å². The van der Waals surface area contributed by atoms with Crippen LogP contribution in [0.3, 0.4) is 0 Å². The Bertz CT molecular complexity index is 842. The summed E-state index contributed by atoms with van der Waals surface area (Å²) in [5.74, 6) is -26.1. The molecule has 0 bridgehead atoms. The van der Waals surface area contributed by atoms with Gasteiger partial charge in [-0.05, 0) is 0 Å². The Labute approximate surface area is 206 Å². The second-order valence-electron chi connectivity index (χ2n) is 8.21. The lowest BCUT2D eigenvalue weighted by molar-refractivity contribution is -0.890. The van der Waals surface area contributed by atoms with E-state index < -0.39 is 73.9 Å². The molecule has 0 aliphatic rings. The maximum Gasteiger partial charge on any atom is 0.462 e. The number of carbonyl (C=O) groups is 1. The van der Waals surface area contributed by atoms with E-state index in [0.29, 0.717) is 0 Å². The van der Waals surface area contributed by atoms with Crippen molar-refractivity contribution in [2.24, 2.45) is 0 Å². The van der Waals surface area contributed by atoms with Gasteiger partial charge >= 0.3 is 48.4 Å². The predicted octanol–water partition coefficient (Wildman–Crippen LogP) is 4.43. The predicted molar refractivity (Wildman–Crippen MR) is 89.4 cm³/mol. The van der Waals surface area contributed by atoms with Crippen molar-refractivity contribution < 1.29 is 98.5 Å². The van der Waals surface area contributed by atoms with Gasteiger partial charge in [0.1, 0.15) is 6.54 Å². The molecule has 0 saturated heterocycles. The number of aliphatic hydroxyl groups is 1. The SMILES string of the molecule is C[N+](C)(CCO)CCCNC(=O)C(F)(OC(F)(F)C(F)(OC(F)(F)C(F)(F)C(F)(F)F)C(F)(F)F)C(F)(F)F. The zero-order valence-electron chi connectivity index (χ0n) is 19.1. The van der Waals surface area contributed by atoms with Crippen LogP contribution in [0.25, 0.3) is 0 Å². The van der Waals surface area contributed by atoms with Gasteiger partial charge in [-0.2, -0.15) is 74.6 Å². The molecular weight excluding hydrogens is 607 g/mol. The number of nitrogens with zero attached hydrogens (tertiary/aromatic N) is 1. The second-order valence-corrected chi connectivity index (χ2v) is 8.21. The molecular formula is C16H18F17N2O4+. The zero-order chi connectivity index (χ0) is 31.7. The molecule has 0 aliphatic carbocycles. The molecule has 234 valence electrons. The minimum atomic E-state index is -8.05. The summed E-state index contributed by atoms with van der Waals surface area (Å²) in [5, 5.41) is 9.74. The molecule has 0 heterocycles. The topological polar surface area (TPSA) is 67.8 Å². The molecule has 0 aromatic heterocycles. The molecule has 2 unspecified atom stereocenters. The zero-order valence-corrected chi connectivity index (χ0v) is 19.1. The lowest BCUT2D eigenvalue weighted by atomic mass is 10.2. The van der Waals surface area contributed by atoms with Crippen LogP contribution in [-0.2, 0) is 14.3 Å². The van der Waals surface area contributed by atoms with Gasteiger partial charge in [0.05, 0.1) is 27.2 Å². The molecule has 0 aliphatic heterocycles. The van der Waals surface area contributed by atoms with Crippen LogP contribution in [-0.4, -0.2) is 104 Å². The van der Waals surface area contributed by atoms with Gasteiger partial charge in [-0.3, -0.25) is 14.3 Å². The highest BCUT2D eigenvalue weighted by molar-refractivity contribution is 5.84. The van der Waals surface area contributed by atoms with E-state index in [9.17, 15) is 79.4 Å². The third kappa shape index (κ3) is 7.86. The Kier molecular flexibility index (Phi) is 10.6. The lowest BCUT2D eigenvalue weighted by Crippen LogP contribution is -2.68. The fraction of sp³-hybridized carbons (Fsp3) is 0.938. The van der Waals surface area contributed by atoms with E-state index in [4.69, 9.17) is 5.11 Å². The minimum Gasteiger partial charge on any atom is -0.391 e. The summed E-state index contributed by atoms with van der Waals surface area (Å²) in [6, 6.07) is 0. The number of hydrogen-bond donors (Lipinski definition) is 2. The summed E-state index contributed by atoms with van der Waals surface area (Å²) in [4.78, 5) is 11.6. The third-order valence-electron chi connectivity index (χ3n) is 4.59. The number of rotatable bonds is 13. The maximum absolute atomic E-state index is 14.4. The molecule has 39 heavy (non-hydrogen) atoms. The molecule has 23 heteroatoms. The summed E-state index contributed by atoms with van der Waals surface area (Å²) in [7, 11) is 2.82. The molecule has 1 amide bonds. The van der Waals surface area contributed by atoms with Crippen molar-refractivity contribution in [2.45, 2.75) is 54.8 Å². The van der Waals surface area contributed by atoms with Crippen molar-refractivity contribution in [2.75, 3.05) is 40.3 Å². The van der Waals surface area contributed by atoms with Gasteiger partial charge in [-0.25, -0.2) is 0 Å². The standard InChI is InChI=1S/C16H17F17N2O4/c1-35(2,6-7-36)5-3-4-34-8(37)9(17,12(21,22)23)38-16(32,33)11(20,14(27,28)29)39-15(30,31)10(18,19)13(24,25)26/h36H,3-7H2,1-2H3/p+1. The molecule has 0 aromatic rings. The van der Waals surface area contributed by atoms with Gasteiger partial charge in [0.15, 0.2) is 0 Å². The largest absolute Gasteiger partial charge is 0.462 e. The first kappa shape index (κ1) is 37.1. The van der Waals surface area contributed by atoms with Crippen LogP contribution in [0.1, 0.15) is 6.42 Å². The maximum atomic E-state index is 14.4. The highest BCUT2D eigenvalue weighted by atomic mass is 19.4. The number of alkyl halides is 17. The Balaban J connectivity index is 6.35. The molecule has 0 spiro atoms. The van der Waals surface area contributed by atoms with Crippen molar-refractivity contribution >= 4 is 5.91 Å². The smallest absolute Gasteiger partial charge is 0.391 e. The third-order valence-corrected chi connectivity index (χ3v) is 4.59. The number of nitrogens with one attached hydrogen (secondary N) is 1. The lowest BCUT2D eigenvalue weighted by Gasteiger charge is -2.40. The van der Waals surface area contributed by atoms with E-state index in [-0.39, 0.29) is 17.6 Å². The van der Waals surface area contributed by atoms with Gasteiger partial charge in [-0.15, -0.1) is 0 Å². The average Bonchev–Trinajstić information content (AvgIpc) is 2.67. The molecule has 6 nitrogen and oxygen atoms in total. The van der Waals surface area contributed by atoms with Gasteiger partial charge < -0.3 is 14.9 Å². The average molecular weight is 625 g/mol. The van der Waals surface area contributed by atoms with E-state index in [0.717, 1.165) is 5.32 Å². The van der Waals surface area contributed by atoms with Gasteiger partial charge in [0, 0.05) is 13.0 Å². The quantitative estimate of drug-likeness (QED) is 0.181. The molecule has 0 aromatic carbocycles. The molecule has 0 saturated carbocycles. The minimum absolute atomic E-state index is 0.00687. The number of amides is 1. The monoisotopic (exact) mass is 625 g/mol. The number of aliphatic hydroxyl groups excluding tert-OH is 1. The Morgan fingerprint density at radius 1 is 0.692 bits per heavy atom. The summed E-state index contributed by atoms with van der Waals surface area (Å²) in [6.07, 6.45) is -39.0. The fourth-order valence-corrected chi connectivity index (χ4v) is 2.37. The van der Waals surface area contributed by atoms with Crippen LogP contribution < -0.4 is 5.32 Å². The first-order chi connectivity index (χ1) is 16.9. The summed E-state index contributed by atoms with van der Waals surface area (Å²) in [5.41, 5.74) is 0. The fourth-order valence-electron chi connectivity index (χ4n) is 2.37. The molecule has 2 atom stereocenters. The molecule has 0 rings (SSSR count). The van der Waals surface area contributed by atoms with Crippen molar-refractivity contribution in [3.63, 3.8) is 0 Å². The number of halogens is 17. The van der Waals surface area contributed by atoms with Crippen LogP contribution in [0.5, 0.6) is 0 Å². The van der Waals surface area contributed by atoms with E-state index in [1.807, 2.05) is 4.74 Å². The van der Waals surface area contributed by atoms with Crippen LogP contribution in [0, 0.1) is 0 Å². The van der Waals surface area contributed by atoms with Gasteiger partial charge in [0.2, 0.25) is 0 Å². The number of quaternary nitrogens is 1. The van der Waals surface area contributed by atoms with E-state index in [1.165, 1.54) is 18.8 Å². The first-order valence-corrected chi connectivity index (χ1v) is 9.68. The molecule has 2 N–H and O–H groups in total. The van der Waals surface area contributed by atoms with E-state index >= 15 is 0 Å². The number of likely N-dealkylation sites (N-methyl/N-ethyl adjacent to an activating group) is 1. The van der Waals surface area contributed by atoms with Crippen LogP contribution in [0.15, 0.2) is 0 Å². The molecule has 0 fully saturated rings. The Hall–Kier alpha value is -1.88. The summed E-state index contributed by atoms with van der Waals surface area (Å²) in [6.45, 7) is -1.65.